The summed E-state index contributed by atoms with van der Waals surface area (Å²) in [5.74, 6) is -0.583. The Kier molecular flexibility index (Phi) is 6.48. The van der Waals surface area contributed by atoms with Gasteiger partial charge in [-0.25, -0.2) is 4.79 Å². The summed E-state index contributed by atoms with van der Waals surface area (Å²) in [6.07, 6.45) is 1.32. The smallest absolute Gasteiger partial charge is 0.349 e. The highest BCUT2D eigenvalue weighted by atomic mass is 16.5. The summed E-state index contributed by atoms with van der Waals surface area (Å²) in [6, 6.07) is 9.66. The van der Waals surface area contributed by atoms with E-state index in [1.165, 1.54) is 0 Å². The normalized spacial score (nSPS) is 11.1. The second-order valence-electron chi connectivity index (χ2n) is 4.89. The molecule has 1 rings (SSSR count). The van der Waals surface area contributed by atoms with Gasteiger partial charge in [0.15, 0.2) is 0 Å². The molecule has 0 heterocycles. The Morgan fingerprint density at radius 2 is 1.86 bits per heavy atom. The molecule has 1 aromatic carbocycles. The third-order valence-electron chi connectivity index (χ3n) is 3.02. The molecule has 1 aromatic rings. The van der Waals surface area contributed by atoms with E-state index < -0.39 is 5.97 Å². The number of hydrogen-bond acceptors (Lipinski definition) is 4. The molecule has 21 heavy (non-hydrogen) atoms. The third-order valence-corrected chi connectivity index (χ3v) is 3.02. The van der Waals surface area contributed by atoms with Gasteiger partial charge in [0.05, 0.1) is 6.10 Å². The average molecular weight is 286 g/mol. The number of nitriles is 1. The first-order valence-electron chi connectivity index (χ1n) is 7.19. The number of esters is 1. The maximum atomic E-state index is 11.7. The Balaban J connectivity index is 2.93. The molecule has 4 nitrogen and oxygen atoms in total. The molecule has 0 spiro atoms. The lowest BCUT2D eigenvalue weighted by molar-refractivity contribution is -0.142. The molecule has 0 aliphatic carbocycles. The first-order valence-corrected chi connectivity index (χ1v) is 7.19. The van der Waals surface area contributed by atoms with Crippen molar-refractivity contribution in [3.05, 3.63) is 35.4 Å². The third kappa shape index (κ3) is 4.96. The summed E-state index contributed by atoms with van der Waals surface area (Å²) in [4.78, 5) is 14.0. The van der Waals surface area contributed by atoms with E-state index in [1.807, 2.05) is 30.3 Å². The highest BCUT2D eigenvalue weighted by Gasteiger charge is 2.12. The number of benzene rings is 1. The Morgan fingerprint density at radius 1 is 1.29 bits per heavy atom. The number of carbonyl (C=O) groups is 1. The minimum atomic E-state index is -0.583. The van der Waals surface area contributed by atoms with E-state index >= 15 is 0 Å². The van der Waals surface area contributed by atoms with E-state index in [-0.39, 0.29) is 11.7 Å². The predicted octanol–water partition coefficient (Wildman–Crippen LogP) is 3.39. The molecule has 0 amide bonds. The number of ether oxygens (including phenoxy) is 1. The molecule has 0 aliphatic rings. The lowest BCUT2D eigenvalue weighted by Crippen LogP contribution is -2.21. The van der Waals surface area contributed by atoms with Crippen LogP contribution < -0.4 is 4.90 Å². The Hall–Kier alpha value is -2.28. The fourth-order valence-corrected chi connectivity index (χ4v) is 1.95. The first kappa shape index (κ1) is 16.8. The maximum Gasteiger partial charge on any atom is 0.349 e. The molecule has 0 saturated carbocycles. The molecule has 0 bridgehead atoms. The monoisotopic (exact) mass is 286 g/mol. The molecule has 0 fully saturated rings. The molecule has 112 valence electrons. The lowest BCUT2D eigenvalue weighted by Gasteiger charge is -2.20. The number of rotatable bonds is 6. The summed E-state index contributed by atoms with van der Waals surface area (Å²) in [5, 5.41) is 9.06. The van der Waals surface area contributed by atoms with Gasteiger partial charge in [0, 0.05) is 18.8 Å². The molecule has 0 aliphatic heterocycles. The first-order chi connectivity index (χ1) is 10.0. The highest BCUT2D eigenvalue weighted by Crippen LogP contribution is 2.17. The molecular weight excluding hydrogens is 264 g/mol. The van der Waals surface area contributed by atoms with Gasteiger partial charge in [0.2, 0.25) is 0 Å². The second-order valence-corrected chi connectivity index (χ2v) is 4.89. The van der Waals surface area contributed by atoms with Crippen molar-refractivity contribution in [3.63, 3.8) is 0 Å². The SMILES string of the molecule is CCN(CC)c1ccc(/C=C(/C#N)C(=O)OC(C)C)cc1. The van der Waals surface area contributed by atoms with Gasteiger partial charge < -0.3 is 9.64 Å². The van der Waals surface area contributed by atoms with E-state index in [1.54, 1.807) is 19.9 Å². The van der Waals surface area contributed by atoms with Gasteiger partial charge in [-0.15, -0.1) is 0 Å². The van der Waals surface area contributed by atoms with Crippen molar-refractivity contribution in [3.8, 4) is 6.07 Å². The Bertz CT molecular complexity index is 535. The van der Waals surface area contributed by atoms with Gasteiger partial charge in [-0.1, -0.05) is 12.1 Å². The van der Waals surface area contributed by atoms with E-state index in [0.717, 1.165) is 24.3 Å². The molecule has 0 N–H and O–H groups in total. The van der Waals surface area contributed by atoms with Gasteiger partial charge in [0.1, 0.15) is 11.6 Å². The lowest BCUT2D eigenvalue weighted by atomic mass is 10.1. The quantitative estimate of drug-likeness (QED) is 0.457. The van der Waals surface area contributed by atoms with Crippen LogP contribution in [0, 0.1) is 11.3 Å². The van der Waals surface area contributed by atoms with Crippen LogP contribution in [-0.4, -0.2) is 25.2 Å². The zero-order chi connectivity index (χ0) is 15.8. The zero-order valence-corrected chi connectivity index (χ0v) is 13.1. The fourth-order valence-electron chi connectivity index (χ4n) is 1.95. The van der Waals surface area contributed by atoms with Crippen LogP contribution in [0.15, 0.2) is 29.8 Å². The molecule has 0 unspecified atom stereocenters. The standard InChI is InChI=1S/C17H22N2O2/c1-5-19(6-2)16-9-7-14(8-10-16)11-15(12-18)17(20)21-13(3)4/h7-11,13H,5-6H2,1-4H3/b15-11-. The fraction of sp³-hybridized carbons (Fsp3) is 0.412. The van der Waals surface area contributed by atoms with Gasteiger partial charge >= 0.3 is 5.97 Å². The van der Waals surface area contributed by atoms with Crippen LogP contribution in [0.4, 0.5) is 5.69 Å². The van der Waals surface area contributed by atoms with Crippen LogP contribution in [-0.2, 0) is 9.53 Å². The van der Waals surface area contributed by atoms with Crippen molar-refractivity contribution < 1.29 is 9.53 Å². The molecule has 4 heteroatoms. The Morgan fingerprint density at radius 3 is 2.29 bits per heavy atom. The van der Waals surface area contributed by atoms with Crippen LogP contribution >= 0.6 is 0 Å². The van der Waals surface area contributed by atoms with Gasteiger partial charge in [0.25, 0.3) is 0 Å². The van der Waals surface area contributed by atoms with Crippen LogP contribution in [0.3, 0.4) is 0 Å². The van der Waals surface area contributed by atoms with Crippen molar-refractivity contribution in [2.45, 2.75) is 33.8 Å². The minimum absolute atomic E-state index is 0.0132. The maximum absolute atomic E-state index is 11.7. The predicted molar refractivity (Wildman–Crippen MR) is 84.8 cm³/mol. The highest BCUT2D eigenvalue weighted by molar-refractivity contribution is 5.98. The van der Waals surface area contributed by atoms with Crippen LogP contribution in [0.5, 0.6) is 0 Å². The van der Waals surface area contributed by atoms with Gasteiger partial charge in [-0.2, -0.15) is 5.26 Å². The van der Waals surface area contributed by atoms with Crippen molar-refractivity contribution >= 4 is 17.7 Å². The Labute approximate surface area is 126 Å². The summed E-state index contributed by atoms with van der Waals surface area (Å²) in [5.41, 5.74) is 1.95. The number of nitrogens with zero attached hydrogens (tertiary/aromatic N) is 2. The molecule has 0 atom stereocenters. The summed E-state index contributed by atoms with van der Waals surface area (Å²) < 4.78 is 5.03. The molecular formula is C17H22N2O2. The second kappa shape index (κ2) is 8.11. The number of carbonyl (C=O) groups excluding carboxylic acids is 1. The van der Waals surface area contributed by atoms with Crippen molar-refractivity contribution in [1.82, 2.24) is 0 Å². The van der Waals surface area contributed by atoms with E-state index in [9.17, 15) is 4.79 Å². The molecule has 0 saturated heterocycles. The molecule has 0 aromatic heterocycles. The largest absolute Gasteiger partial charge is 0.459 e. The van der Waals surface area contributed by atoms with Crippen LogP contribution in [0.2, 0.25) is 0 Å². The van der Waals surface area contributed by atoms with Crippen LogP contribution in [0.1, 0.15) is 33.3 Å². The number of anilines is 1. The topological polar surface area (TPSA) is 53.3 Å². The summed E-state index contributed by atoms with van der Waals surface area (Å²) >= 11 is 0. The summed E-state index contributed by atoms with van der Waals surface area (Å²) in [6.45, 7) is 9.60. The average Bonchev–Trinajstić information content (AvgIpc) is 2.46. The summed E-state index contributed by atoms with van der Waals surface area (Å²) in [7, 11) is 0. The van der Waals surface area contributed by atoms with E-state index in [0.29, 0.717) is 0 Å². The van der Waals surface area contributed by atoms with Crippen molar-refractivity contribution in [2.24, 2.45) is 0 Å². The van der Waals surface area contributed by atoms with Crippen molar-refractivity contribution in [2.75, 3.05) is 18.0 Å². The molecule has 0 radical (unpaired) electrons. The zero-order valence-electron chi connectivity index (χ0n) is 13.1. The van der Waals surface area contributed by atoms with E-state index in [2.05, 4.69) is 18.7 Å². The van der Waals surface area contributed by atoms with Gasteiger partial charge in [-0.3, -0.25) is 0 Å². The van der Waals surface area contributed by atoms with E-state index in [4.69, 9.17) is 10.00 Å². The van der Waals surface area contributed by atoms with Gasteiger partial charge in [-0.05, 0) is 51.5 Å². The van der Waals surface area contributed by atoms with Crippen molar-refractivity contribution in [1.29, 1.82) is 5.26 Å². The minimum Gasteiger partial charge on any atom is -0.459 e. The van der Waals surface area contributed by atoms with Crippen LogP contribution in [0.25, 0.3) is 6.08 Å². The number of hydrogen-bond donors (Lipinski definition) is 0.